The van der Waals surface area contributed by atoms with E-state index >= 15 is 0 Å². The molecule has 0 bridgehead atoms. The molecule has 0 saturated carbocycles. The molecule has 1 aromatic rings. The SMILES string of the molecule is CS(=O)(=O)NCCCNCc1cccc(Cl)c1Cl. The van der Waals surface area contributed by atoms with Gasteiger partial charge in [0.1, 0.15) is 0 Å². The molecule has 0 aliphatic carbocycles. The predicted octanol–water partition coefficient (Wildman–Crippen LogP) is 2.02. The summed E-state index contributed by atoms with van der Waals surface area (Å²) in [6.07, 6.45) is 1.86. The third kappa shape index (κ3) is 6.02. The fourth-order valence-corrected chi connectivity index (χ4v) is 2.28. The van der Waals surface area contributed by atoms with Gasteiger partial charge in [-0.3, -0.25) is 0 Å². The van der Waals surface area contributed by atoms with E-state index in [1.807, 2.05) is 12.1 Å². The predicted molar refractivity (Wildman–Crippen MR) is 75.6 cm³/mol. The van der Waals surface area contributed by atoms with Gasteiger partial charge in [0.15, 0.2) is 0 Å². The van der Waals surface area contributed by atoms with E-state index in [9.17, 15) is 8.42 Å². The van der Waals surface area contributed by atoms with E-state index in [0.717, 1.165) is 11.8 Å². The Balaban J connectivity index is 2.24. The third-order valence-corrected chi connectivity index (χ3v) is 3.83. The van der Waals surface area contributed by atoms with E-state index in [2.05, 4.69) is 10.0 Å². The molecule has 0 aliphatic rings. The molecule has 4 nitrogen and oxygen atoms in total. The highest BCUT2D eigenvalue weighted by molar-refractivity contribution is 7.88. The van der Waals surface area contributed by atoms with Crippen molar-refractivity contribution in [3.8, 4) is 0 Å². The summed E-state index contributed by atoms with van der Waals surface area (Å²) in [7, 11) is -3.09. The van der Waals surface area contributed by atoms with Crippen molar-refractivity contribution in [2.45, 2.75) is 13.0 Å². The van der Waals surface area contributed by atoms with E-state index in [0.29, 0.717) is 36.1 Å². The van der Waals surface area contributed by atoms with Gasteiger partial charge in [-0.2, -0.15) is 0 Å². The van der Waals surface area contributed by atoms with Crippen LogP contribution in [0.25, 0.3) is 0 Å². The lowest BCUT2D eigenvalue weighted by atomic mass is 10.2. The van der Waals surface area contributed by atoms with Crippen LogP contribution in [-0.4, -0.2) is 27.8 Å². The third-order valence-electron chi connectivity index (χ3n) is 2.24. The number of sulfonamides is 1. The number of rotatable bonds is 7. The summed E-state index contributed by atoms with van der Waals surface area (Å²) in [6.45, 7) is 1.73. The zero-order valence-corrected chi connectivity index (χ0v) is 12.4. The molecule has 0 saturated heterocycles. The second-order valence-corrected chi connectivity index (χ2v) is 6.53. The summed E-state index contributed by atoms with van der Waals surface area (Å²) in [4.78, 5) is 0. The minimum atomic E-state index is -3.09. The summed E-state index contributed by atoms with van der Waals surface area (Å²) in [6, 6.07) is 5.48. The van der Waals surface area contributed by atoms with Gasteiger partial charge in [-0.15, -0.1) is 0 Å². The Bertz CT molecular complexity index is 492. The second-order valence-electron chi connectivity index (χ2n) is 3.91. The summed E-state index contributed by atoms with van der Waals surface area (Å²) in [5.41, 5.74) is 0.931. The lowest BCUT2D eigenvalue weighted by Crippen LogP contribution is -2.26. The monoisotopic (exact) mass is 310 g/mol. The number of nitrogens with one attached hydrogen (secondary N) is 2. The highest BCUT2D eigenvalue weighted by Crippen LogP contribution is 2.25. The van der Waals surface area contributed by atoms with Gasteiger partial charge in [-0.25, -0.2) is 13.1 Å². The Morgan fingerprint density at radius 2 is 1.94 bits per heavy atom. The first-order valence-electron chi connectivity index (χ1n) is 5.48. The zero-order chi connectivity index (χ0) is 13.6. The lowest BCUT2D eigenvalue weighted by molar-refractivity contribution is 0.579. The maximum atomic E-state index is 10.8. The first kappa shape index (κ1) is 15.7. The van der Waals surface area contributed by atoms with Crippen LogP contribution in [0.2, 0.25) is 10.0 Å². The van der Waals surface area contributed by atoms with Crippen molar-refractivity contribution >= 4 is 33.2 Å². The molecule has 7 heteroatoms. The van der Waals surface area contributed by atoms with Gasteiger partial charge in [-0.05, 0) is 24.6 Å². The van der Waals surface area contributed by atoms with Gasteiger partial charge in [0.2, 0.25) is 10.0 Å². The molecule has 0 amide bonds. The van der Waals surface area contributed by atoms with E-state index in [4.69, 9.17) is 23.2 Å². The van der Waals surface area contributed by atoms with Crippen LogP contribution in [0.5, 0.6) is 0 Å². The van der Waals surface area contributed by atoms with E-state index < -0.39 is 10.0 Å². The number of hydrogen-bond acceptors (Lipinski definition) is 3. The molecule has 0 heterocycles. The normalized spacial score (nSPS) is 11.7. The quantitative estimate of drug-likeness (QED) is 0.758. The van der Waals surface area contributed by atoms with Crippen LogP contribution < -0.4 is 10.0 Å². The fourth-order valence-electron chi connectivity index (χ4n) is 1.38. The molecule has 0 spiro atoms. The molecule has 0 aromatic heterocycles. The highest BCUT2D eigenvalue weighted by atomic mass is 35.5. The van der Waals surface area contributed by atoms with Crippen LogP contribution in [-0.2, 0) is 16.6 Å². The van der Waals surface area contributed by atoms with E-state index in [-0.39, 0.29) is 0 Å². The number of halogens is 2. The molecule has 1 rings (SSSR count). The van der Waals surface area contributed by atoms with Gasteiger partial charge >= 0.3 is 0 Å². The number of hydrogen-bond donors (Lipinski definition) is 2. The van der Waals surface area contributed by atoms with Gasteiger partial charge < -0.3 is 5.32 Å². The van der Waals surface area contributed by atoms with Crippen molar-refractivity contribution in [2.24, 2.45) is 0 Å². The highest BCUT2D eigenvalue weighted by Gasteiger charge is 2.03. The first-order chi connectivity index (χ1) is 8.40. The van der Waals surface area contributed by atoms with Crippen LogP contribution in [0.3, 0.4) is 0 Å². The molecule has 18 heavy (non-hydrogen) atoms. The van der Waals surface area contributed by atoms with Crippen molar-refractivity contribution in [2.75, 3.05) is 19.3 Å². The average Bonchev–Trinajstić information content (AvgIpc) is 2.27. The first-order valence-corrected chi connectivity index (χ1v) is 8.13. The number of benzene rings is 1. The van der Waals surface area contributed by atoms with Crippen molar-refractivity contribution in [3.63, 3.8) is 0 Å². The van der Waals surface area contributed by atoms with Crippen LogP contribution in [0, 0.1) is 0 Å². The minimum Gasteiger partial charge on any atom is -0.313 e. The van der Waals surface area contributed by atoms with Crippen molar-refractivity contribution in [1.29, 1.82) is 0 Å². The molecule has 1 aromatic carbocycles. The molecule has 0 unspecified atom stereocenters. The molecule has 0 radical (unpaired) electrons. The topological polar surface area (TPSA) is 58.2 Å². The smallest absolute Gasteiger partial charge is 0.208 e. The molecule has 0 aliphatic heterocycles. The summed E-state index contributed by atoms with van der Waals surface area (Å²) in [5, 5.41) is 4.27. The molecule has 0 fully saturated rings. The van der Waals surface area contributed by atoms with Crippen LogP contribution in [0.1, 0.15) is 12.0 Å². The van der Waals surface area contributed by atoms with Crippen molar-refractivity contribution in [3.05, 3.63) is 33.8 Å². The largest absolute Gasteiger partial charge is 0.313 e. The van der Waals surface area contributed by atoms with Crippen LogP contribution >= 0.6 is 23.2 Å². The Morgan fingerprint density at radius 1 is 1.22 bits per heavy atom. The maximum Gasteiger partial charge on any atom is 0.208 e. The lowest BCUT2D eigenvalue weighted by Gasteiger charge is -2.07. The maximum absolute atomic E-state index is 10.8. The van der Waals surface area contributed by atoms with Crippen molar-refractivity contribution in [1.82, 2.24) is 10.0 Å². The van der Waals surface area contributed by atoms with Crippen molar-refractivity contribution < 1.29 is 8.42 Å². The van der Waals surface area contributed by atoms with E-state index in [1.54, 1.807) is 6.07 Å². The summed E-state index contributed by atoms with van der Waals surface area (Å²) >= 11 is 11.9. The van der Waals surface area contributed by atoms with Gasteiger partial charge in [0.25, 0.3) is 0 Å². The standard InChI is InChI=1S/C11H16Cl2N2O2S/c1-18(16,17)15-7-3-6-14-8-9-4-2-5-10(12)11(9)13/h2,4-5,14-15H,3,6-8H2,1H3. The average molecular weight is 311 g/mol. The molecular formula is C11H16Cl2N2O2S. The van der Waals surface area contributed by atoms with E-state index in [1.165, 1.54) is 0 Å². The minimum absolute atomic E-state index is 0.426. The van der Waals surface area contributed by atoms with Gasteiger partial charge in [-0.1, -0.05) is 35.3 Å². The summed E-state index contributed by atoms with van der Waals surface area (Å²) in [5.74, 6) is 0. The Labute approximate surface area is 118 Å². The fraction of sp³-hybridized carbons (Fsp3) is 0.455. The Kier molecular flexibility index (Phi) is 6.38. The Hall–Kier alpha value is -0.330. The molecular weight excluding hydrogens is 295 g/mol. The van der Waals surface area contributed by atoms with Gasteiger partial charge in [0, 0.05) is 13.1 Å². The van der Waals surface area contributed by atoms with Crippen LogP contribution in [0.4, 0.5) is 0 Å². The second kappa shape index (κ2) is 7.31. The molecule has 2 N–H and O–H groups in total. The molecule has 102 valence electrons. The Morgan fingerprint density at radius 3 is 2.61 bits per heavy atom. The zero-order valence-electron chi connectivity index (χ0n) is 10.0. The molecule has 0 atom stereocenters. The summed E-state index contributed by atoms with van der Waals surface area (Å²) < 4.78 is 24.0. The van der Waals surface area contributed by atoms with Gasteiger partial charge in [0.05, 0.1) is 16.3 Å². The van der Waals surface area contributed by atoms with Crippen LogP contribution in [0.15, 0.2) is 18.2 Å².